The summed E-state index contributed by atoms with van der Waals surface area (Å²) < 4.78 is 22.6. The average Bonchev–Trinajstić information content (AvgIpc) is 3.29. The van der Waals surface area contributed by atoms with E-state index < -0.39 is 24.3 Å². The van der Waals surface area contributed by atoms with E-state index in [9.17, 15) is 19.5 Å². The maximum atomic E-state index is 12.8. The molecule has 0 aliphatic carbocycles. The molecule has 0 heterocycles. The number of carbonyl (C=O) groups is 3. The Morgan fingerprint density at radius 3 is 1.30 bits per heavy atom. The Bertz CT molecular complexity index is 1420. The largest absolute Gasteiger partial charge is 0.545 e. The number of esters is 2. The number of ether oxygens (including phenoxy) is 4. The highest BCUT2D eigenvalue weighted by molar-refractivity contribution is 5.70. The number of carbonyl (C=O) groups excluding carboxylic acids is 3. The van der Waals surface area contributed by atoms with Crippen molar-refractivity contribution in [3.63, 3.8) is 0 Å². The monoisotopic (exact) mass is 936 g/mol. The van der Waals surface area contributed by atoms with Gasteiger partial charge in [0.25, 0.3) is 0 Å². The van der Waals surface area contributed by atoms with E-state index in [-0.39, 0.29) is 38.6 Å². The molecule has 2 atom stereocenters. The second-order valence-electron chi connectivity index (χ2n) is 18.4. The third kappa shape index (κ3) is 49.9. The van der Waals surface area contributed by atoms with Crippen LogP contribution in [0.1, 0.15) is 194 Å². The minimum absolute atomic E-state index is 0.133. The Hall–Kier alpha value is -3.79. The van der Waals surface area contributed by atoms with Crippen molar-refractivity contribution in [3.8, 4) is 0 Å². The molecular weight excluding hydrogens is 839 g/mol. The van der Waals surface area contributed by atoms with Crippen molar-refractivity contribution >= 4 is 17.9 Å². The number of hydrogen-bond donors (Lipinski definition) is 0. The first-order valence-corrected chi connectivity index (χ1v) is 26.4. The summed E-state index contributed by atoms with van der Waals surface area (Å²) in [7, 11) is 5.89. The Labute approximate surface area is 410 Å². The molecule has 0 fully saturated rings. The summed E-state index contributed by atoms with van der Waals surface area (Å²) in [5.41, 5.74) is 0. The summed E-state index contributed by atoms with van der Waals surface area (Å²) in [6.45, 7) is 4.55. The predicted octanol–water partition coefficient (Wildman–Crippen LogP) is 13.7. The van der Waals surface area contributed by atoms with Crippen molar-refractivity contribution in [2.75, 3.05) is 47.5 Å². The quantitative estimate of drug-likeness (QED) is 0.0195. The minimum atomic E-state index is -1.64. The number of carboxylic acid groups (broad SMARTS) is 1. The van der Waals surface area contributed by atoms with E-state index in [0.717, 1.165) is 89.9 Å². The molecule has 2 unspecified atom stereocenters. The van der Waals surface area contributed by atoms with Gasteiger partial charge in [-0.15, -0.1) is 0 Å². The number of likely N-dealkylation sites (N-methyl/N-ethyl adjacent to an activating group) is 1. The zero-order valence-electron chi connectivity index (χ0n) is 43.2. The van der Waals surface area contributed by atoms with E-state index >= 15 is 0 Å². The third-order valence-corrected chi connectivity index (χ3v) is 10.8. The van der Waals surface area contributed by atoms with E-state index in [4.69, 9.17) is 18.9 Å². The normalized spacial score (nSPS) is 13.6. The smallest absolute Gasteiger partial charge is 0.306 e. The Morgan fingerprint density at radius 2 is 0.851 bits per heavy atom. The highest BCUT2D eigenvalue weighted by Gasteiger charge is 2.21. The van der Waals surface area contributed by atoms with E-state index in [1.165, 1.54) is 70.6 Å². The number of carboxylic acids is 1. The van der Waals surface area contributed by atoms with Crippen LogP contribution in [0.3, 0.4) is 0 Å². The average molecular weight is 936 g/mol. The number of rotatable bonds is 47. The second-order valence-corrected chi connectivity index (χ2v) is 18.4. The van der Waals surface area contributed by atoms with Gasteiger partial charge >= 0.3 is 11.9 Å². The fourth-order valence-electron chi connectivity index (χ4n) is 6.74. The lowest BCUT2D eigenvalue weighted by Crippen LogP contribution is -2.44. The molecule has 0 spiro atoms. The fourth-order valence-corrected chi connectivity index (χ4v) is 6.74. The molecule has 0 aromatic carbocycles. The van der Waals surface area contributed by atoms with Gasteiger partial charge in [0, 0.05) is 12.8 Å². The van der Waals surface area contributed by atoms with Crippen LogP contribution in [0, 0.1) is 0 Å². The zero-order valence-corrected chi connectivity index (χ0v) is 43.2. The van der Waals surface area contributed by atoms with Crippen molar-refractivity contribution in [1.82, 2.24) is 0 Å². The van der Waals surface area contributed by atoms with Gasteiger partial charge in [0.1, 0.15) is 13.2 Å². The SMILES string of the molecule is CC/C=C\C/C=C\C/C=C\C/C=C\C/C=C\C/C=C\CCCCC(=O)OC(COC(=O)CCCCCCCCCCC/C=C\C/C=C\CCCCCCC)COC(OCC[N+](C)(C)C)C(=O)[O-]. The molecule has 67 heavy (non-hydrogen) atoms. The number of unbranched alkanes of at least 4 members (excludes halogenated alkanes) is 16. The molecule has 0 rings (SSSR count). The highest BCUT2D eigenvalue weighted by Crippen LogP contribution is 2.13. The molecule has 9 heteroatoms. The first-order chi connectivity index (χ1) is 32.6. The van der Waals surface area contributed by atoms with E-state index in [2.05, 4.69) is 111 Å². The van der Waals surface area contributed by atoms with Crippen LogP contribution >= 0.6 is 0 Å². The first kappa shape index (κ1) is 63.2. The summed E-state index contributed by atoms with van der Waals surface area (Å²) >= 11 is 0. The molecule has 9 nitrogen and oxygen atoms in total. The van der Waals surface area contributed by atoms with Crippen molar-refractivity contribution in [1.29, 1.82) is 0 Å². The van der Waals surface area contributed by atoms with Crippen molar-refractivity contribution in [3.05, 3.63) is 97.2 Å². The standard InChI is InChI=1S/C58H97NO8/c1-6-8-10-12-14-16-18-20-22-24-26-28-30-32-34-36-38-40-42-44-46-48-55(60)65-52-54(53-66-58(57(62)63)64-51-50-59(3,4)5)67-56(61)49-47-45-43-41-39-37-35-33-31-29-27-25-23-21-19-17-15-13-11-9-7-2/h9,11,15,17-18,20-21,23-24,26-27,29,33,35,39,41,54,58H,6-8,10,12-14,16,19,22,25,28,30-32,34,36-38,40,42-53H2,1-5H3/b11-9-,17-15-,20-18-,23-21-,26-24-,29-27-,35-33-,41-39-. The highest BCUT2D eigenvalue weighted by atomic mass is 16.7. The van der Waals surface area contributed by atoms with E-state index in [1.54, 1.807) is 0 Å². The van der Waals surface area contributed by atoms with Gasteiger partial charge in [0.15, 0.2) is 12.4 Å². The van der Waals surface area contributed by atoms with Crippen LogP contribution < -0.4 is 5.11 Å². The number of hydrogen-bond acceptors (Lipinski definition) is 8. The molecule has 0 saturated heterocycles. The molecule has 0 aliphatic heterocycles. The predicted molar refractivity (Wildman–Crippen MR) is 278 cm³/mol. The number of quaternary nitrogens is 1. The molecule has 0 aromatic heterocycles. The van der Waals surface area contributed by atoms with Gasteiger partial charge < -0.3 is 33.3 Å². The zero-order chi connectivity index (χ0) is 49.2. The van der Waals surface area contributed by atoms with Gasteiger partial charge in [0.05, 0.1) is 40.3 Å². The lowest BCUT2D eigenvalue weighted by atomic mass is 10.1. The summed E-state index contributed by atoms with van der Waals surface area (Å²) in [6, 6.07) is 0. The third-order valence-electron chi connectivity index (χ3n) is 10.8. The minimum Gasteiger partial charge on any atom is -0.545 e. The van der Waals surface area contributed by atoms with Gasteiger partial charge in [0.2, 0.25) is 0 Å². The molecule has 382 valence electrons. The molecule has 0 aromatic rings. The van der Waals surface area contributed by atoms with Crippen LogP contribution in [0.2, 0.25) is 0 Å². The Balaban J connectivity index is 4.44. The van der Waals surface area contributed by atoms with Gasteiger partial charge in [-0.3, -0.25) is 9.59 Å². The van der Waals surface area contributed by atoms with Gasteiger partial charge in [-0.05, 0) is 96.3 Å². The van der Waals surface area contributed by atoms with Gasteiger partial charge in [-0.25, -0.2) is 0 Å². The lowest BCUT2D eigenvalue weighted by molar-refractivity contribution is -0.870. The van der Waals surface area contributed by atoms with Crippen LogP contribution in [-0.4, -0.2) is 82.3 Å². The molecule has 0 N–H and O–H groups in total. The number of aliphatic carboxylic acids is 1. The summed E-state index contributed by atoms with van der Waals surface area (Å²) in [5.74, 6) is -2.36. The summed E-state index contributed by atoms with van der Waals surface area (Å²) in [5, 5.41) is 11.7. The number of allylic oxidation sites excluding steroid dienone is 16. The maximum Gasteiger partial charge on any atom is 0.306 e. The van der Waals surface area contributed by atoms with Crippen LogP contribution in [0.15, 0.2) is 97.2 Å². The second kappa shape index (κ2) is 48.7. The van der Waals surface area contributed by atoms with Crippen molar-refractivity contribution < 1.29 is 42.9 Å². The van der Waals surface area contributed by atoms with E-state index in [0.29, 0.717) is 17.4 Å². The topological polar surface area (TPSA) is 111 Å². The molecule has 0 amide bonds. The fraction of sp³-hybridized carbons (Fsp3) is 0.672. The molecule has 0 aliphatic rings. The summed E-state index contributed by atoms with van der Waals surface area (Å²) in [6.07, 6.45) is 61.6. The lowest BCUT2D eigenvalue weighted by Gasteiger charge is -2.26. The summed E-state index contributed by atoms with van der Waals surface area (Å²) in [4.78, 5) is 37.2. The van der Waals surface area contributed by atoms with Gasteiger partial charge in [-0.1, -0.05) is 182 Å². The Kier molecular flexibility index (Phi) is 45.9. The molecule has 0 bridgehead atoms. The number of nitrogens with zero attached hydrogens (tertiary/aromatic N) is 1. The van der Waals surface area contributed by atoms with Crippen LogP contribution in [0.4, 0.5) is 0 Å². The molecule has 0 saturated carbocycles. The van der Waals surface area contributed by atoms with Crippen LogP contribution in [0.5, 0.6) is 0 Å². The first-order valence-electron chi connectivity index (χ1n) is 26.4. The molecule has 0 radical (unpaired) electrons. The van der Waals surface area contributed by atoms with Gasteiger partial charge in [-0.2, -0.15) is 0 Å². The van der Waals surface area contributed by atoms with Crippen molar-refractivity contribution in [2.45, 2.75) is 206 Å². The maximum absolute atomic E-state index is 12.8. The van der Waals surface area contributed by atoms with Crippen molar-refractivity contribution in [2.24, 2.45) is 0 Å². The van der Waals surface area contributed by atoms with E-state index in [1.807, 2.05) is 21.1 Å². The van der Waals surface area contributed by atoms with Crippen LogP contribution in [0.25, 0.3) is 0 Å². The Morgan fingerprint density at radius 1 is 0.463 bits per heavy atom. The van der Waals surface area contributed by atoms with Crippen LogP contribution in [-0.2, 0) is 33.3 Å². The molecular formula is C58H97NO8.